The minimum Gasteiger partial charge on any atom is -0.399 e. The van der Waals surface area contributed by atoms with Crippen LogP contribution in [0.4, 0.5) is 30.2 Å². The number of anilines is 3. The van der Waals surface area contributed by atoms with Crippen molar-refractivity contribution in [2.24, 2.45) is 4.99 Å². The maximum Gasteiger partial charge on any atom is 0.416 e. The first kappa shape index (κ1) is 30.4. The van der Waals surface area contributed by atoms with Gasteiger partial charge in [0.05, 0.1) is 17.5 Å². The van der Waals surface area contributed by atoms with E-state index in [0.29, 0.717) is 29.3 Å². The van der Waals surface area contributed by atoms with Crippen molar-refractivity contribution in [3.05, 3.63) is 113 Å². The first-order chi connectivity index (χ1) is 18.4. The molecule has 3 aromatic rings. The molecule has 0 fully saturated rings. The van der Waals surface area contributed by atoms with E-state index in [-0.39, 0.29) is 5.56 Å². The molecule has 0 saturated carbocycles. The summed E-state index contributed by atoms with van der Waals surface area (Å²) < 4.78 is 37.9. The molecule has 10 heteroatoms. The van der Waals surface area contributed by atoms with Crippen molar-refractivity contribution in [1.29, 1.82) is 0 Å². The van der Waals surface area contributed by atoms with Gasteiger partial charge in [0.1, 0.15) is 5.82 Å². The van der Waals surface area contributed by atoms with Crippen LogP contribution in [0.25, 0.3) is 0 Å². The summed E-state index contributed by atoms with van der Waals surface area (Å²) in [5, 5.41) is 8.09. The molecule has 3 rings (SSSR count). The summed E-state index contributed by atoms with van der Waals surface area (Å²) in [6.45, 7) is 9.39. The molecule has 0 saturated heterocycles. The third kappa shape index (κ3) is 10.2. The highest BCUT2D eigenvalue weighted by Gasteiger charge is 2.30. The molecule has 0 bridgehead atoms. The van der Waals surface area contributed by atoms with Crippen molar-refractivity contribution >= 4 is 35.6 Å². The largest absolute Gasteiger partial charge is 0.416 e. The van der Waals surface area contributed by atoms with E-state index in [0.717, 1.165) is 28.9 Å². The van der Waals surface area contributed by atoms with Gasteiger partial charge < -0.3 is 21.7 Å². The lowest BCUT2D eigenvalue weighted by atomic mass is 10.1. The minimum atomic E-state index is -4.46. The van der Waals surface area contributed by atoms with Gasteiger partial charge in [-0.3, -0.25) is 9.59 Å². The van der Waals surface area contributed by atoms with Crippen LogP contribution in [0.1, 0.15) is 34.0 Å². The van der Waals surface area contributed by atoms with Crippen molar-refractivity contribution in [2.75, 3.05) is 16.4 Å². The number of rotatable bonds is 8. The number of aliphatic imine (C=N–C) groups is 1. The monoisotopic (exact) mass is 537 g/mol. The standard InChI is InChI=1S/C16H14F3NO.C13H16N4O/c1-10-6-7-14(8-11(10)2)20-15(21)12-4-3-5-13(9-12)16(17,18)19;1-3-12(16-9-18)8-15-10(2)17-13-6-4-5-11(14)7-13/h3-9H,1-2H3,(H,20,21);3-9,17H,2,14H2,1H3,(H,16,18)/b;12-3+,15-8-. The number of halogens is 3. The van der Waals surface area contributed by atoms with E-state index < -0.39 is 17.6 Å². The van der Waals surface area contributed by atoms with Crippen LogP contribution in [0, 0.1) is 13.8 Å². The number of benzene rings is 3. The molecule has 0 aliphatic heterocycles. The average Bonchev–Trinajstić information content (AvgIpc) is 2.88. The third-order valence-corrected chi connectivity index (χ3v) is 5.29. The van der Waals surface area contributed by atoms with Crippen LogP contribution < -0.4 is 21.7 Å². The van der Waals surface area contributed by atoms with Gasteiger partial charge in [-0.25, -0.2) is 4.99 Å². The SMILES string of the molecule is C=C(/N=C\C(=C/C)NC=O)Nc1cccc(N)c1.Cc1ccc(NC(=O)c2cccc(C(F)(F)F)c2)cc1C. The second-order valence-electron chi connectivity index (χ2n) is 8.29. The van der Waals surface area contributed by atoms with Crippen molar-refractivity contribution in [1.82, 2.24) is 5.32 Å². The zero-order valence-corrected chi connectivity index (χ0v) is 21.8. The number of nitrogens with zero attached hydrogens (tertiary/aromatic N) is 1. The second kappa shape index (κ2) is 14.2. The van der Waals surface area contributed by atoms with Crippen LogP contribution in [-0.4, -0.2) is 18.5 Å². The summed E-state index contributed by atoms with van der Waals surface area (Å²) in [5.41, 5.74) is 9.48. The second-order valence-corrected chi connectivity index (χ2v) is 8.29. The zero-order chi connectivity index (χ0) is 29.0. The molecule has 0 unspecified atom stereocenters. The number of nitrogens with two attached hydrogens (primary N) is 1. The lowest BCUT2D eigenvalue weighted by Crippen LogP contribution is -2.14. The van der Waals surface area contributed by atoms with Crippen LogP contribution in [0.5, 0.6) is 0 Å². The lowest BCUT2D eigenvalue weighted by Gasteiger charge is -2.10. The lowest BCUT2D eigenvalue weighted by molar-refractivity contribution is -0.137. The van der Waals surface area contributed by atoms with E-state index in [4.69, 9.17) is 5.73 Å². The van der Waals surface area contributed by atoms with Gasteiger partial charge in [-0.15, -0.1) is 0 Å². The molecule has 2 amide bonds. The number of carbonyl (C=O) groups excluding carboxylic acids is 2. The Kier molecular flexibility index (Phi) is 11.0. The number of amides is 2. The van der Waals surface area contributed by atoms with Crippen LogP contribution in [0.2, 0.25) is 0 Å². The summed E-state index contributed by atoms with van der Waals surface area (Å²) >= 11 is 0. The first-order valence-electron chi connectivity index (χ1n) is 11.7. The van der Waals surface area contributed by atoms with Gasteiger partial charge in [-0.1, -0.05) is 30.9 Å². The maximum absolute atomic E-state index is 12.6. The van der Waals surface area contributed by atoms with Gasteiger partial charge in [0, 0.05) is 22.6 Å². The molecule has 3 aromatic carbocycles. The van der Waals surface area contributed by atoms with Crippen molar-refractivity contribution in [3.63, 3.8) is 0 Å². The predicted octanol–water partition coefficient (Wildman–Crippen LogP) is 6.45. The van der Waals surface area contributed by atoms with Gasteiger partial charge in [0.25, 0.3) is 5.91 Å². The molecular weight excluding hydrogens is 507 g/mol. The Hall–Kier alpha value is -4.86. The molecule has 0 aromatic heterocycles. The highest BCUT2D eigenvalue weighted by molar-refractivity contribution is 6.04. The van der Waals surface area contributed by atoms with Crippen LogP contribution in [0.15, 0.2) is 95.9 Å². The van der Waals surface area contributed by atoms with Crippen molar-refractivity contribution < 1.29 is 22.8 Å². The van der Waals surface area contributed by atoms with Gasteiger partial charge >= 0.3 is 6.18 Å². The van der Waals surface area contributed by atoms with Crippen LogP contribution >= 0.6 is 0 Å². The van der Waals surface area contributed by atoms with Gasteiger partial charge in [0.15, 0.2) is 0 Å². The molecule has 7 nitrogen and oxygen atoms in total. The minimum absolute atomic E-state index is 0.0250. The number of aryl methyl sites for hydroxylation is 2. The molecule has 0 aliphatic carbocycles. The number of alkyl halides is 3. The van der Waals surface area contributed by atoms with E-state index in [2.05, 4.69) is 27.5 Å². The van der Waals surface area contributed by atoms with E-state index >= 15 is 0 Å². The Labute approximate surface area is 225 Å². The van der Waals surface area contributed by atoms with Gasteiger partial charge in [-0.05, 0) is 80.4 Å². The van der Waals surface area contributed by atoms with E-state index in [9.17, 15) is 22.8 Å². The Morgan fingerprint density at radius 3 is 2.26 bits per heavy atom. The molecule has 0 aliphatic rings. The Morgan fingerprint density at radius 2 is 1.64 bits per heavy atom. The summed E-state index contributed by atoms with van der Waals surface area (Å²) in [6, 6.07) is 17.0. The number of carbonyl (C=O) groups is 2. The first-order valence-corrected chi connectivity index (χ1v) is 11.7. The fourth-order valence-corrected chi connectivity index (χ4v) is 3.09. The molecule has 0 atom stereocenters. The van der Waals surface area contributed by atoms with Crippen molar-refractivity contribution in [2.45, 2.75) is 26.9 Å². The number of nitrogen functional groups attached to an aromatic ring is 1. The fraction of sp³-hybridized carbons (Fsp3) is 0.138. The third-order valence-electron chi connectivity index (χ3n) is 5.29. The molecule has 0 spiro atoms. The quantitative estimate of drug-likeness (QED) is 0.150. The molecule has 0 heterocycles. The molecule has 39 heavy (non-hydrogen) atoms. The van der Waals surface area contributed by atoms with Crippen molar-refractivity contribution in [3.8, 4) is 0 Å². The zero-order valence-electron chi connectivity index (χ0n) is 21.8. The Bertz CT molecular complexity index is 1380. The maximum atomic E-state index is 12.6. The smallest absolute Gasteiger partial charge is 0.399 e. The summed E-state index contributed by atoms with van der Waals surface area (Å²) in [4.78, 5) is 26.4. The molecule has 0 radical (unpaired) electrons. The fourth-order valence-electron chi connectivity index (χ4n) is 3.09. The topological polar surface area (TPSA) is 109 Å². The van der Waals surface area contributed by atoms with Gasteiger partial charge in [-0.2, -0.15) is 13.2 Å². The highest BCUT2D eigenvalue weighted by Crippen LogP contribution is 2.29. The van der Waals surface area contributed by atoms with Crippen LogP contribution in [0.3, 0.4) is 0 Å². The molecule has 5 N–H and O–H groups in total. The average molecular weight is 538 g/mol. The number of hydrogen-bond donors (Lipinski definition) is 4. The summed E-state index contributed by atoms with van der Waals surface area (Å²) in [5.74, 6) is -0.114. The number of nitrogens with one attached hydrogen (secondary N) is 3. The van der Waals surface area contributed by atoms with E-state index in [1.54, 1.807) is 37.3 Å². The normalized spacial score (nSPS) is 11.3. The van der Waals surface area contributed by atoms with Crippen LogP contribution in [-0.2, 0) is 11.0 Å². The van der Waals surface area contributed by atoms with E-state index in [1.165, 1.54) is 18.3 Å². The summed E-state index contributed by atoms with van der Waals surface area (Å²) in [7, 11) is 0. The highest BCUT2D eigenvalue weighted by atomic mass is 19.4. The number of allylic oxidation sites excluding steroid dienone is 2. The number of hydrogen-bond acceptors (Lipinski definition) is 5. The molecule has 204 valence electrons. The Balaban J connectivity index is 0.000000277. The summed E-state index contributed by atoms with van der Waals surface area (Å²) in [6.07, 6.45) is -0.631. The van der Waals surface area contributed by atoms with Gasteiger partial charge in [0.2, 0.25) is 6.41 Å². The molecular formula is C29H30F3N5O2. The Morgan fingerprint density at radius 1 is 0.949 bits per heavy atom. The predicted molar refractivity (Wildman–Crippen MR) is 150 cm³/mol. The van der Waals surface area contributed by atoms with E-state index in [1.807, 2.05) is 32.0 Å².